The Labute approximate surface area is 119 Å². The fourth-order valence-corrected chi connectivity index (χ4v) is 3.24. The van der Waals surface area contributed by atoms with E-state index >= 15 is 0 Å². The minimum atomic E-state index is 0.813. The van der Waals surface area contributed by atoms with Crippen molar-refractivity contribution in [3.8, 4) is 0 Å². The number of aromatic nitrogens is 1. The molecule has 104 valence electrons. The molecule has 2 fully saturated rings. The molecule has 0 atom stereocenters. The summed E-state index contributed by atoms with van der Waals surface area (Å²) in [5.74, 6) is 0. The summed E-state index contributed by atoms with van der Waals surface area (Å²) in [6, 6.07) is 7.12. The predicted molar refractivity (Wildman–Crippen MR) is 83.0 cm³/mol. The van der Waals surface area contributed by atoms with Gasteiger partial charge in [-0.1, -0.05) is 0 Å². The fourth-order valence-electron chi connectivity index (χ4n) is 3.24. The van der Waals surface area contributed by atoms with Crippen molar-refractivity contribution in [2.45, 2.75) is 18.9 Å². The van der Waals surface area contributed by atoms with Crippen molar-refractivity contribution in [1.82, 2.24) is 9.88 Å². The van der Waals surface area contributed by atoms with Crippen LogP contribution >= 0.6 is 0 Å². The van der Waals surface area contributed by atoms with Crippen LogP contribution in [0.2, 0.25) is 0 Å². The van der Waals surface area contributed by atoms with E-state index in [4.69, 9.17) is 5.73 Å². The van der Waals surface area contributed by atoms with E-state index in [0.717, 1.165) is 30.2 Å². The first-order chi connectivity index (χ1) is 9.83. The van der Waals surface area contributed by atoms with E-state index in [1.54, 1.807) is 0 Å². The van der Waals surface area contributed by atoms with Crippen molar-refractivity contribution in [3.05, 3.63) is 30.6 Å². The highest BCUT2D eigenvalue weighted by atomic mass is 15.3. The summed E-state index contributed by atoms with van der Waals surface area (Å²) in [7, 11) is 0. The van der Waals surface area contributed by atoms with Gasteiger partial charge in [0.05, 0.1) is 0 Å². The number of nitrogens with two attached hydrogens (primary N) is 1. The van der Waals surface area contributed by atoms with Crippen LogP contribution in [0.1, 0.15) is 12.8 Å². The van der Waals surface area contributed by atoms with Gasteiger partial charge in [0.2, 0.25) is 0 Å². The van der Waals surface area contributed by atoms with Crippen LogP contribution in [0.15, 0.2) is 30.6 Å². The second-order valence-electron chi connectivity index (χ2n) is 5.85. The Morgan fingerprint density at radius 2 is 1.80 bits per heavy atom. The van der Waals surface area contributed by atoms with Crippen LogP contribution in [0.5, 0.6) is 0 Å². The first-order valence-corrected chi connectivity index (χ1v) is 7.44. The Morgan fingerprint density at radius 3 is 2.55 bits per heavy atom. The molecule has 1 aromatic heterocycles. The van der Waals surface area contributed by atoms with Crippen molar-refractivity contribution in [2.24, 2.45) is 0 Å². The number of rotatable bonds is 2. The number of piperazine rings is 1. The number of hydrogen-bond acceptors (Lipinski definition) is 4. The van der Waals surface area contributed by atoms with Crippen molar-refractivity contribution < 1.29 is 0 Å². The number of pyridine rings is 1. The van der Waals surface area contributed by atoms with Gasteiger partial charge in [0, 0.05) is 66.8 Å². The Hall–Kier alpha value is -1.81. The number of anilines is 2. The molecule has 4 nitrogen and oxygen atoms in total. The third-order valence-corrected chi connectivity index (χ3v) is 4.55. The Morgan fingerprint density at radius 1 is 1.00 bits per heavy atom. The number of hydrogen-bond donors (Lipinski definition) is 1. The van der Waals surface area contributed by atoms with Gasteiger partial charge in [0.15, 0.2) is 0 Å². The summed E-state index contributed by atoms with van der Waals surface area (Å²) >= 11 is 0. The van der Waals surface area contributed by atoms with Crippen LogP contribution in [-0.2, 0) is 0 Å². The second kappa shape index (κ2) is 4.63. The molecule has 4 rings (SSSR count). The van der Waals surface area contributed by atoms with Crippen LogP contribution in [0.25, 0.3) is 10.8 Å². The molecule has 1 aliphatic carbocycles. The largest absolute Gasteiger partial charge is 0.398 e. The topological polar surface area (TPSA) is 45.4 Å². The standard InChI is InChI=1S/C16H20N4/c17-15-3-4-16(13-5-6-18-11-14(13)15)20-9-7-19(8-10-20)12-1-2-12/h3-6,11-12H,1-2,7-10,17H2. The molecule has 0 bridgehead atoms. The van der Waals surface area contributed by atoms with Crippen molar-refractivity contribution in [1.29, 1.82) is 0 Å². The SMILES string of the molecule is Nc1ccc(N2CCN(C3CC3)CC2)c2ccncc12. The van der Waals surface area contributed by atoms with Gasteiger partial charge < -0.3 is 10.6 Å². The maximum Gasteiger partial charge on any atom is 0.0449 e. The monoisotopic (exact) mass is 268 g/mol. The summed E-state index contributed by atoms with van der Waals surface area (Å²) in [6.45, 7) is 4.58. The van der Waals surface area contributed by atoms with Crippen molar-refractivity contribution in [3.63, 3.8) is 0 Å². The number of benzene rings is 1. The van der Waals surface area contributed by atoms with E-state index in [1.165, 1.54) is 37.0 Å². The molecular formula is C16H20N4. The van der Waals surface area contributed by atoms with Crippen LogP contribution in [0.4, 0.5) is 11.4 Å². The Balaban J connectivity index is 1.64. The molecule has 0 unspecified atom stereocenters. The summed E-state index contributed by atoms with van der Waals surface area (Å²) in [5, 5.41) is 2.29. The van der Waals surface area contributed by atoms with Gasteiger partial charge >= 0.3 is 0 Å². The highest BCUT2D eigenvalue weighted by Gasteiger charge is 2.31. The molecular weight excluding hydrogens is 248 g/mol. The third-order valence-electron chi connectivity index (χ3n) is 4.55. The van der Waals surface area contributed by atoms with Gasteiger partial charge in [-0.15, -0.1) is 0 Å². The molecule has 4 heteroatoms. The molecule has 1 aromatic carbocycles. The highest BCUT2D eigenvalue weighted by molar-refractivity contribution is 6.00. The second-order valence-corrected chi connectivity index (χ2v) is 5.85. The molecule has 2 aromatic rings. The quantitative estimate of drug-likeness (QED) is 0.847. The minimum Gasteiger partial charge on any atom is -0.398 e. The summed E-state index contributed by atoms with van der Waals surface area (Å²) in [5.41, 5.74) is 8.17. The zero-order valence-electron chi connectivity index (χ0n) is 11.6. The lowest BCUT2D eigenvalue weighted by Crippen LogP contribution is -2.47. The van der Waals surface area contributed by atoms with Crippen molar-refractivity contribution >= 4 is 22.1 Å². The summed E-state index contributed by atoms with van der Waals surface area (Å²) < 4.78 is 0. The predicted octanol–water partition coefficient (Wildman–Crippen LogP) is 2.10. The molecule has 0 spiro atoms. The normalized spacial score (nSPS) is 20.5. The zero-order chi connectivity index (χ0) is 13.5. The molecule has 1 aliphatic heterocycles. The molecule has 1 saturated carbocycles. The molecule has 2 N–H and O–H groups in total. The lowest BCUT2D eigenvalue weighted by molar-refractivity contribution is 0.248. The van der Waals surface area contributed by atoms with E-state index in [-0.39, 0.29) is 0 Å². The zero-order valence-corrected chi connectivity index (χ0v) is 11.6. The summed E-state index contributed by atoms with van der Waals surface area (Å²) in [4.78, 5) is 9.32. The van der Waals surface area contributed by atoms with E-state index in [1.807, 2.05) is 18.5 Å². The highest BCUT2D eigenvalue weighted by Crippen LogP contribution is 2.32. The number of nitrogens with zero attached hydrogens (tertiary/aromatic N) is 3. The lowest BCUT2D eigenvalue weighted by atomic mass is 10.1. The average Bonchev–Trinajstić information content (AvgIpc) is 3.33. The van der Waals surface area contributed by atoms with Gasteiger partial charge in [-0.05, 0) is 31.0 Å². The van der Waals surface area contributed by atoms with Crippen molar-refractivity contribution in [2.75, 3.05) is 36.8 Å². The number of fused-ring (bicyclic) bond motifs is 1. The number of nitrogen functional groups attached to an aromatic ring is 1. The molecule has 2 aliphatic rings. The van der Waals surface area contributed by atoms with E-state index in [0.29, 0.717) is 0 Å². The Kier molecular flexibility index (Phi) is 2.77. The maximum absolute atomic E-state index is 6.06. The van der Waals surface area contributed by atoms with Crippen LogP contribution < -0.4 is 10.6 Å². The molecule has 0 radical (unpaired) electrons. The van der Waals surface area contributed by atoms with Crippen LogP contribution in [0.3, 0.4) is 0 Å². The minimum absolute atomic E-state index is 0.813. The molecule has 20 heavy (non-hydrogen) atoms. The first-order valence-electron chi connectivity index (χ1n) is 7.44. The first kappa shape index (κ1) is 12.0. The molecule has 2 heterocycles. The van der Waals surface area contributed by atoms with E-state index < -0.39 is 0 Å². The van der Waals surface area contributed by atoms with Gasteiger partial charge in [-0.25, -0.2) is 0 Å². The maximum atomic E-state index is 6.06. The van der Waals surface area contributed by atoms with E-state index in [2.05, 4.69) is 26.9 Å². The third kappa shape index (κ3) is 2.00. The average molecular weight is 268 g/mol. The van der Waals surface area contributed by atoms with Gasteiger partial charge in [-0.2, -0.15) is 0 Å². The fraction of sp³-hybridized carbons (Fsp3) is 0.438. The summed E-state index contributed by atoms with van der Waals surface area (Å²) in [6.07, 6.45) is 6.52. The molecule has 0 amide bonds. The Bertz CT molecular complexity index is 627. The lowest BCUT2D eigenvalue weighted by Gasteiger charge is -2.36. The van der Waals surface area contributed by atoms with Crippen LogP contribution in [-0.4, -0.2) is 42.1 Å². The smallest absolute Gasteiger partial charge is 0.0449 e. The van der Waals surface area contributed by atoms with Crippen LogP contribution in [0, 0.1) is 0 Å². The van der Waals surface area contributed by atoms with E-state index in [9.17, 15) is 0 Å². The van der Waals surface area contributed by atoms with Gasteiger partial charge in [-0.3, -0.25) is 9.88 Å². The molecule has 1 saturated heterocycles. The van der Waals surface area contributed by atoms with Gasteiger partial charge in [0.1, 0.15) is 0 Å². The van der Waals surface area contributed by atoms with Gasteiger partial charge in [0.25, 0.3) is 0 Å².